The third kappa shape index (κ3) is 3.38. The largest absolute Gasteiger partial charge is 0.289 e. The van der Waals surface area contributed by atoms with Crippen molar-refractivity contribution >= 4 is 21.7 Å². The number of allylic oxidation sites excluding steroid dienone is 3. The number of carbonyl (C=O) groups is 1. The van der Waals surface area contributed by atoms with Gasteiger partial charge in [0.05, 0.1) is 0 Å². The Labute approximate surface area is 85.9 Å². The van der Waals surface area contributed by atoms with Crippen LogP contribution in [0.5, 0.6) is 0 Å². The van der Waals surface area contributed by atoms with Crippen molar-refractivity contribution in [1.82, 2.24) is 0 Å². The molecule has 1 rings (SSSR count). The molecule has 66 valence electrons. The van der Waals surface area contributed by atoms with Crippen molar-refractivity contribution in [3.05, 3.63) is 59.1 Å². The Hall–Kier alpha value is -1.15. The predicted molar refractivity (Wildman–Crippen MR) is 58.0 cm³/mol. The second kappa shape index (κ2) is 5.49. The molecule has 0 fully saturated rings. The third-order valence-electron chi connectivity index (χ3n) is 1.49. The van der Waals surface area contributed by atoms with E-state index in [2.05, 4.69) is 15.9 Å². The Morgan fingerprint density at radius 2 is 1.85 bits per heavy atom. The molecule has 1 aromatic carbocycles. The third-order valence-corrected chi connectivity index (χ3v) is 1.79. The van der Waals surface area contributed by atoms with E-state index in [1.165, 1.54) is 6.08 Å². The van der Waals surface area contributed by atoms with Crippen LogP contribution < -0.4 is 0 Å². The molecule has 1 nitrogen and oxygen atoms in total. The van der Waals surface area contributed by atoms with Crippen molar-refractivity contribution < 1.29 is 4.79 Å². The first-order chi connectivity index (χ1) is 6.34. The van der Waals surface area contributed by atoms with Crippen LogP contribution in [0.2, 0.25) is 0 Å². The lowest BCUT2D eigenvalue weighted by molar-refractivity contribution is 0.104. The highest BCUT2D eigenvalue weighted by molar-refractivity contribution is 9.11. The second-order valence-electron chi connectivity index (χ2n) is 2.41. The van der Waals surface area contributed by atoms with Crippen molar-refractivity contribution in [3.8, 4) is 0 Å². The van der Waals surface area contributed by atoms with E-state index in [1.54, 1.807) is 29.3 Å². The molecule has 0 aliphatic rings. The van der Waals surface area contributed by atoms with Crippen LogP contribution in [-0.2, 0) is 0 Å². The molecule has 0 bridgehead atoms. The van der Waals surface area contributed by atoms with Crippen LogP contribution in [0.1, 0.15) is 10.4 Å². The average molecular weight is 237 g/mol. The van der Waals surface area contributed by atoms with E-state index >= 15 is 0 Å². The average Bonchev–Trinajstić information content (AvgIpc) is 2.19. The van der Waals surface area contributed by atoms with E-state index in [9.17, 15) is 4.79 Å². The lowest BCUT2D eigenvalue weighted by Gasteiger charge is -1.91. The predicted octanol–water partition coefficient (Wildman–Crippen LogP) is 3.33. The van der Waals surface area contributed by atoms with Crippen molar-refractivity contribution in [3.63, 3.8) is 0 Å². The fourth-order valence-electron chi connectivity index (χ4n) is 0.884. The van der Waals surface area contributed by atoms with Crippen LogP contribution in [0.4, 0.5) is 0 Å². The maximum atomic E-state index is 11.4. The summed E-state index contributed by atoms with van der Waals surface area (Å²) < 4.78 is 0. The van der Waals surface area contributed by atoms with Gasteiger partial charge in [-0.25, -0.2) is 0 Å². The Morgan fingerprint density at radius 1 is 1.15 bits per heavy atom. The van der Waals surface area contributed by atoms with Gasteiger partial charge >= 0.3 is 0 Å². The van der Waals surface area contributed by atoms with Gasteiger partial charge < -0.3 is 0 Å². The summed E-state index contributed by atoms with van der Waals surface area (Å²) in [6.07, 6.45) is 4.98. The summed E-state index contributed by atoms with van der Waals surface area (Å²) in [4.78, 5) is 13.1. The van der Waals surface area contributed by atoms with E-state index in [0.29, 0.717) is 5.56 Å². The van der Waals surface area contributed by atoms with Crippen molar-refractivity contribution in [2.24, 2.45) is 0 Å². The maximum Gasteiger partial charge on any atom is 0.185 e. The molecule has 0 unspecified atom stereocenters. The van der Waals surface area contributed by atoms with Gasteiger partial charge in [0.2, 0.25) is 0 Å². The van der Waals surface area contributed by atoms with Crippen LogP contribution in [0.25, 0.3) is 0 Å². The van der Waals surface area contributed by atoms with Gasteiger partial charge in [-0.2, -0.15) is 0 Å². The highest BCUT2D eigenvalue weighted by Crippen LogP contribution is 2.00. The number of carbonyl (C=O) groups excluding carboxylic acids is 1. The Bertz CT molecular complexity index is 325. The molecule has 0 radical (unpaired) electrons. The minimum Gasteiger partial charge on any atom is -0.289 e. The van der Waals surface area contributed by atoms with Gasteiger partial charge in [0, 0.05) is 5.56 Å². The topological polar surface area (TPSA) is 17.1 Å². The molecule has 0 aromatic heterocycles. The Morgan fingerprint density at radius 3 is 2.46 bits per heavy atom. The first-order valence-electron chi connectivity index (χ1n) is 3.87. The van der Waals surface area contributed by atoms with E-state index < -0.39 is 0 Å². The Balaban J connectivity index is 2.70. The van der Waals surface area contributed by atoms with Crippen molar-refractivity contribution in [1.29, 1.82) is 0 Å². The summed E-state index contributed by atoms with van der Waals surface area (Å²) in [5.41, 5.74) is 0.710. The number of halogens is 1. The lowest BCUT2D eigenvalue weighted by atomic mass is 10.1. The fourth-order valence-corrected chi connectivity index (χ4v) is 1.06. The molecule has 0 amide bonds. The summed E-state index contributed by atoms with van der Waals surface area (Å²) in [5, 5.41) is 0. The number of benzene rings is 1. The summed E-state index contributed by atoms with van der Waals surface area (Å²) >= 11 is 3.11. The molecule has 0 spiro atoms. The molecule has 0 saturated heterocycles. The highest BCUT2D eigenvalue weighted by atomic mass is 79.9. The molecule has 0 heterocycles. The lowest BCUT2D eigenvalue weighted by Crippen LogP contribution is -1.92. The molecule has 0 aliphatic carbocycles. The molecule has 0 atom stereocenters. The Kier molecular flexibility index (Phi) is 4.19. The van der Waals surface area contributed by atoms with Gasteiger partial charge in [-0.15, -0.1) is 0 Å². The highest BCUT2D eigenvalue weighted by Gasteiger charge is 1.97. The van der Waals surface area contributed by atoms with Crippen LogP contribution in [0, 0.1) is 0 Å². The standard InChI is InChI=1S/C11H9BrO/c12-9-5-4-8-11(13)10-6-2-1-3-7-10/h1-9H/b8-4+,9-5+. The van der Waals surface area contributed by atoms with Gasteiger partial charge in [-0.1, -0.05) is 58.4 Å². The monoisotopic (exact) mass is 236 g/mol. The number of hydrogen-bond acceptors (Lipinski definition) is 1. The number of ketones is 1. The SMILES string of the molecule is O=C(/C=C/C=C/Br)c1ccccc1. The van der Waals surface area contributed by atoms with Crippen LogP contribution in [-0.4, -0.2) is 5.78 Å². The maximum absolute atomic E-state index is 11.4. The van der Waals surface area contributed by atoms with E-state index in [-0.39, 0.29) is 5.78 Å². The summed E-state index contributed by atoms with van der Waals surface area (Å²) in [5.74, 6) is 0.0196. The van der Waals surface area contributed by atoms with E-state index in [1.807, 2.05) is 18.2 Å². The molecule has 1 aromatic rings. The molecule has 0 saturated carbocycles. The second-order valence-corrected chi connectivity index (χ2v) is 2.94. The normalized spacial score (nSPS) is 11.2. The molecule has 0 aliphatic heterocycles. The van der Waals surface area contributed by atoms with Crippen LogP contribution in [0.3, 0.4) is 0 Å². The smallest absolute Gasteiger partial charge is 0.185 e. The van der Waals surface area contributed by atoms with Crippen molar-refractivity contribution in [2.45, 2.75) is 0 Å². The number of rotatable bonds is 3. The van der Waals surface area contributed by atoms with Gasteiger partial charge in [-0.05, 0) is 11.1 Å². The van der Waals surface area contributed by atoms with Gasteiger partial charge in [0.25, 0.3) is 0 Å². The molecule has 0 N–H and O–H groups in total. The quantitative estimate of drug-likeness (QED) is 0.447. The van der Waals surface area contributed by atoms with Gasteiger partial charge in [0.1, 0.15) is 0 Å². The molecular weight excluding hydrogens is 228 g/mol. The summed E-state index contributed by atoms with van der Waals surface area (Å²) in [6, 6.07) is 9.18. The minimum atomic E-state index is 0.0196. The van der Waals surface area contributed by atoms with Crippen molar-refractivity contribution in [2.75, 3.05) is 0 Å². The molecule has 13 heavy (non-hydrogen) atoms. The molecular formula is C11H9BrO. The van der Waals surface area contributed by atoms with Crippen LogP contribution in [0.15, 0.2) is 53.5 Å². The first kappa shape index (κ1) is 9.93. The van der Waals surface area contributed by atoms with E-state index in [0.717, 1.165) is 0 Å². The fraction of sp³-hybridized carbons (Fsp3) is 0. The summed E-state index contributed by atoms with van der Waals surface area (Å²) in [7, 11) is 0. The zero-order valence-electron chi connectivity index (χ0n) is 6.98. The number of hydrogen-bond donors (Lipinski definition) is 0. The zero-order chi connectivity index (χ0) is 9.52. The first-order valence-corrected chi connectivity index (χ1v) is 4.79. The minimum absolute atomic E-state index is 0.0196. The van der Waals surface area contributed by atoms with E-state index in [4.69, 9.17) is 0 Å². The summed E-state index contributed by atoms with van der Waals surface area (Å²) in [6.45, 7) is 0. The molecule has 2 heteroatoms. The zero-order valence-corrected chi connectivity index (χ0v) is 8.57. The van der Waals surface area contributed by atoms with Gasteiger partial charge in [0.15, 0.2) is 5.78 Å². The van der Waals surface area contributed by atoms with Gasteiger partial charge in [-0.3, -0.25) is 4.79 Å². The van der Waals surface area contributed by atoms with Crippen LogP contribution >= 0.6 is 15.9 Å².